The highest BCUT2D eigenvalue weighted by atomic mass is 32.2. The van der Waals surface area contributed by atoms with Crippen molar-refractivity contribution >= 4 is 21.6 Å². The van der Waals surface area contributed by atoms with E-state index in [2.05, 4.69) is 24.3 Å². The third-order valence-electron chi connectivity index (χ3n) is 6.30. The zero-order valence-corrected chi connectivity index (χ0v) is 20.2. The molecule has 1 fully saturated rings. The lowest BCUT2D eigenvalue weighted by molar-refractivity contribution is -0.130. The van der Waals surface area contributed by atoms with Gasteiger partial charge in [0.1, 0.15) is 12.3 Å². The lowest BCUT2D eigenvalue weighted by atomic mass is 9.90. The number of benzene rings is 3. The summed E-state index contributed by atoms with van der Waals surface area (Å²) >= 11 is 0. The topological polar surface area (TPSA) is 66.9 Å². The van der Waals surface area contributed by atoms with Gasteiger partial charge in [-0.2, -0.15) is 0 Å². The van der Waals surface area contributed by atoms with Crippen LogP contribution in [0, 0.1) is 5.92 Å². The molecule has 3 aromatic rings. The van der Waals surface area contributed by atoms with Gasteiger partial charge >= 0.3 is 0 Å². The molecule has 0 atom stereocenters. The standard InChI is InChI=1S/C27H30N2O4S/c1-33-25-12-14-26(15-13-25)34(31,32)29(24-10-6-3-7-11-24)21-27(30)28-18-16-23(17-19-28)20-22-8-4-2-5-9-22/h2-15,23H,16-21H2,1H3. The second-order valence-electron chi connectivity index (χ2n) is 8.54. The maximum absolute atomic E-state index is 13.5. The second-order valence-corrected chi connectivity index (χ2v) is 10.4. The average molecular weight is 479 g/mol. The molecule has 1 aliphatic heterocycles. The maximum atomic E-state index is 13.5. The predicted octanol–water partition coefficient (Wildman–Crippen LogP) is 4.37. The number of nitrogens with zero attached hydrogens (tertiary/aromatic N) is 2. The number of para-hydroxylation sites is 1. The Bertz CT molecular complexity index is 1170. The van der Waals surface area contributed by atoms with Gasteiger partial charge in [-0.1, -0.05) is 48.5 Å². The van der Waals surface area contributed by atoms with Gasteiger partial charge in [0.05, 0.1) is 17.7 Å². The Balaban J connectivity index is 1.47. The molecule has 7 heteroatoms. The van der Waals surface area contributed by atoms with Crippen molar-refractivity contribution in [2.45, 2.75) is 24.2 Å². The number of methoxy groups -OCH3 is 1. The average Bonchev–Trinajstić information content (AvgIpc) is 2.88. The van der Waals surface area contributed by atoms with Crippen LogP contribution in [-0.4, -0.2) is 46.0 Å². The fraction of sp³-hybridized carbons (Fsp3) is 0.296. The van der Waals surface area contributed by atoms with Gasteiger partial charge in [0.15, 0.2) is 0 Å². The summed E-state index contributed by atoms with van der Waals surface area (Å²) < 4.78 is 33.4. The minimum atomic E-state index is -3.93. The van der Waals surface area contributed by atoms with Crippen molar-refractivity contribution in [3.8, 4) is 5.75 Å². The molecule has 0 spiro atoms. The predicted molar refractivity (Wildman–Crippen MR) is 133 cm³/mol. The number of anilines is 1. The van der Waals surface area contributed by atoms with Gasteiger partial charge in [-0.15, -0.1) is 0 Å². The first-order valence-corrected chi connectivity index (χ1v) is 12.9. The van der Waals surface area contributed by atoms with Crippen molar-refractivity contribution in [2.24, 2.45) is 5.92 Å². The van der Waals surface area contributed by atoms with Gasteiger partial charge in [-0.25, -0.2) is 8.42 Å². The summed E-state index contributed by atoms with van der Waals surface area (Å²) in [6.07, 6.45) is 2.83. The van der Waals surface area contributed by atoms with E-state index in [1.807, 2.05) is 12.1 Å². The number of amides is 1. The van der Waals surface area contributed by atoms with Crippen LogP contribution < -0.4 is 9.04 Å². The molecule has 178 valence electrons. The number of piperidine rings is 1. The Hall–Kier alpha value is -3.32. The van der Waals surface area contributed by atoms with Gasteiger partial charge in [0, 0.05) is 13.1 Å². The molecular weight excluding hydrogens is 448 g/mol. The molecule has 0 saturated carbocycles. The van der Waals surface area contributed by atoms with Crippen molar-refractivity contribution < 1.29 is 17.9 Å². The molecule has 3 aromatic carbocycles. The van der Waals surface area contributed by atoms with Gasteiger partial charge in [-0.05, 0) is 67.1 Å². The van der Waals surface area contributed by atoms with E-state index in [4.69, 9.17) is 4.74 Å². The molecule has 1 heterocycles. The second kappa shape index (κ2) is 10.7. The summed E-state index contributed by atoms with van der Waals surface area (Å²) in [5, 5.41) is 0. The van der Waals surface area contributed by atoms with Crippen LogP contribution in [0.25, 0.3) is 0 Å². The first kappa shape index (κ1) is 23.8. The Morgan fingerprint density at radius 2 is 1.50 bits per heavy atom. The molecule has 34 heavy (non-hydrogen) atoms. The van der Waals surface area contributed by atoms with Crippen LogP contribution in [0.4, 0.5) is 5.69 Å². The van der Waals surface area contributed by atoms with Gasteiger partial charge in [0.2, 0.25) is 5.91 Å². The summed E-state index contributed by atoms with van der Waals surface area (Å²) in [6, 6.07) is 25.4. The van der Waals surface area contributed by atoms with E-state index in [-0.39, 0.29) is 17.3 Å². The van der Waals surface area contributed by atoms with Crippen molar-refractivity contribution in [1.29, 1.82) is 0 Å². The monoisotopic (exact) mass is 478 g/mol. The number of rotatable bonds is 8. The first-order valence-electron chi connectivity index (χ1n) is 11.5. The molecule has 4 rings (SSSR count). The number of hydrogen-bond acceptors (Lipinski definition) is 4. The molecule has 0 aliphatic carbocycles. The van der Waals surface area contributed by atoms with Gasteiger partial charge in [0.25, 0.3) is 10.0 Å². The Morgan fingerprint density at radius 3 is 2.09 bits per heavy atom. The SMILES string of the molecule is COc1ccc(S(=O)(=O)N(CC(=O)N2CCC(Cc3ccccc3)CC2)c2ccccc2)cc1. The highest BCUT2D eigenvalue weighted by Crippen LogP contribution is 2.26. The van der Waals surface area contributed by atoms with E-state index in [9.17, 15) is 13.2 Å². The Morgan fingerprint density at radius 1 is 0.912 bits per heavy atom. The van der Waals surface area contributed by atoms with E-state index in [1.165, 1.54) is 29.1 Å². The molecule has 0 bridgehead atoms. The van der Waals surface area contributed by atoms with Gasteiger partial charge < -0.3 is 9.64 Å². The normalized spacial score (nSPS) is 14.6. The molecule has 1 aliphatic rings. The molecule has 1 saturated heterocycles. The number of carbonyl (C=O) groups is 1. The molecule has 0 aromatic heterocycles. The Labute approximate surface area is 201 Å². The van der Waals surface area contributed by atoms with Crippen LogP contribution in [0.3, 0.4) is 0 Å². The zero-order chi connectivity index (χ0) is 24.0. The number of ether oxygens (including phenoxy) is 1. The molecule has 0 radical (unpaired) electrons. The van der Waals surface area contributed by atoms with Crippen molar-refractivity contribution in [3.63, 3.8) is 0 Å². The van der Waals surface area contributed by atoms with Crippen molar-refractivity contribution in [1.82, 2.24) is 4.90 Å². The zero-order valence-electron chi connectivity index (χ0n) is 19.3. The number of sulfonamides is 1. The summed E-state index contributed by atoms with van der Waals surface area (Å²) in [7, 11) is -2.40. The summed E-state index contributed by atoms with van der Waals surface area (Å²) in [5.74, 6) is 0.915. The molecule has 0 N–H and O–H groups in total. The highest BCUT2D eigenvalue weighted by molar-refractivity contribution is 7.92. The van der Waals surface area contributed by atoms with E-state index in [0.717, 1.165) is 19.3 Å². The van der Waals surface area contributed by atoms with Crippen LogP contribution in [0.1, 0.15) is 18.4 Å². The van der Waals surface area contributed by atoms with Crippen LogP contribution in [0.2, 0.25) is 0 Å². The maximum Gasteiger partial charge on any atom is 0.264 e. The van der Waals surface area contributed by atoms with Gasteiger partial charge in [-0.3, -0.25) is 9.10 Å². The molecule has 1 amide bonds. The van der Waals surface area contributed by atoms with Crippen LogP contribution in [-0.2, 0) is 21.2 Å². The minimum Gasteiger partial charge on any atom is -0.497 e. The Kier molecular flexibility index (Phi) is 7.53. The third kappa shape index (κ3) is 5.59. The van der Waals surface area contributed by atoms with E-state index in [0.29, 0.717) is 30.4 Å². The fourth-order valence-electron chi connectivity index (χ4n) is 4.34. The van der Waals surface area contributed by atoms with Crippen LogP contribution in [0.15, 0.2) is 89.8 Å². The van der Waals surface area contributed by atoms with E-state index in [1.54, 1.807) is 41.3 Å². The highest BCUT2D eigenvalue weighted by Gasteiger charge is 2.30. The minimum absolute atomic E-state index is 0.117. The van der Waals surface area contributed by atoms with Crippen molar-refractivity contribution in [3.05, 3.63) is 90.5 Å². The number of likely N-dealkylation sites (tertiary alicyclic amines) is 1. The van der Waals surface area contributed by atoms with Crippen molar-refractivity contribution in [2.75, 3.05) is 31.0 Å². The molecule has 6 nitrogen and oxygen atoms in total. The molecular formula is C27H30N2O4S. The van der Waals surface area contributed by atoms with Crippen LogP contribution >= 0.6 is 0 Å². The number of hydrogen-bond donors (Lipinski definition) is 0. The summed E-state index contributed by atoms with van der Waals surface area (Å²) in [5.41, 5.74) is 1.78. The molecule has 0 unspecified atom stereocenters. The third-order valence-corrected chi connectivity index (χ3v) is 8.09. The number of carbonyl (C=O) groups excluding carboxylic acids is 1. The smallest absolute Gasteiger partial charge is 0.264 e. The summed E-state index contributed by atoms with van der Waals surface area (Å²) in [4.78, 5) is 15.1. The quantitative estimate of drug-likeness (QED) is 0.482. The lowest BCUT2D eigenvalue weighted by Crippen LogP contribution is -2.46. The fourth-order valence-corrected chi connectivity index (χ4v) is 5.76. The first-order chi connectivity index (χ1) is 16.5. The lowest BCUT2D eigenvalue weighted by Gasteiger charge is -2.34. The summed E-state index contributed by atoms with van der Waals surface area (Å²) in [6.45, 7) is 1.05. The van der Waals surface area contributed by atoms with Crippen LogP contribution in [0.5, 0.6) is 5.75 Å². The van der Waals surface area contributed by atoms with E-state index < -0.39 is 10.0 Å². The largest absolute Gasteiger partial charge is 0.497 e. The van der Waals surface area contributed by atoms with E-state index >= 15 is 0 Å².